The van der Waals surface area contributed by atoms with Crippen LogP contribution >= 0.6 is 15.9 Å². The van der Waals surface area contributed by atoms with Gasteiger partial charge in [0.1, 0.15) is 0 Å². The molecule has 1 aromatic rings. The minimum Gasteiger partial charge on any atom is -0.504 e. The molecule has 0 aromatic heterocycles. The van der Waals surface area contributed by atoms with E-state index in [-0.39, 0.29) is 11.8 Å². The maximum atomic E-state index is 10.0. The summed E-state index contributed by atoms with van der Waals surface area (Å²) in [6.45, 7) is 2.16. The lowest BCUT2D eigenvalue weighted by Crippen LogP contribution is -2.10. The molecule has 0 aliphatic carbocycles. The molecule has 4 heteroatoms. The molecule has 0 bridgehead atoms. The van der Waals surface area contributed by atoms with Crippen molar-refractivity contribution in [1.29, 1.82) is 0 Å². The van der Waals surface area contributed by atoms with Gasteiger partial charge in [0, 0.05) is 16.1 Å². The van der Waals surface area contributed by atoms with Gasteiger partial charge in [0.2, 0.25) is 0 Å². The monoisotopic (exact) mass is 301 g/mol. The molecular formula is C13H20BrNO2. The molecule has 1 aromatic carbocycles. The molecule has 0 fully saturated rings. The second-order valence-electron chi connectivity index (χ2n) is 4.15. The van der Waals surface area contributed by atoms with Crippen molar-refractivity contribution in [3.05, 3.63) is 22.2 Å². The van der Waals surface area contributed by atoms with Crippen LogP contribution in [0, 0.1) is 0 Å². The molecule has 96 valence electrons. The highest BCUT2D eigenvalue weighted by molar-refractivity contribution is 9.10. The second kappa shape index (κ2) is 6.87. The number of aromatic hydroxyl groups is 1. The van der Waals surface area contributed by atoms with Crippen LogP contribution in [0.15, 0.2) is 16.6 Å². The summed E-state index contributed by atoms with van der Waals surface area (Å²) in [7, 11) is 1.54. The van der Waals surface area contributed by atoms with Gasteiger partial charge in [-0.2, -0.15) is 0 Å². The largest absolute Gasteiger partial charge is 0.504 e. The molecule has 0 saturated carbocycles. The molecule has 17 heavy (non-hydrogen) atoms. The number of unbranched alkanes of at least 4 members (excludes halogenated alkanes) is 2. The average Bonchev–Trinajstić information content (AvgIpc) is 2.31. The van der Waals surface area contributed by atoms with Gasteiger partial charge in [0.25, 0.3) is 0 Å². The Morgan fingerprint density at radius 2 is 2.12 bits per heavy atom. The van der Waals surface area contributed by atoms with Crippen LogP contribution in [0.4, 0.5) is 0 Å². The molecule has 3 nitrogen and oxygen atoms in total. The lowest BCUT2D eigenvalue weighted by molar-refractivity contribution is 0.367. The van der Waals surface area contributed by atoms with Gasteiger partial charge >= 0.3 is 0 Å². The van der Waals surface area contributed by atoms with Gasteiger partial charge in [0.15, 0.2) is 11.5 Å². The summed E-state index contributed by atoms with van der Waals surface area (Å²) in [5.74, 6) is 0.611. The third-order valence-electron chi connectivity index (χ3n) is 2.81. The molecule has 1 rings (SSSR count). The highest BCUT2D eigenvalue weighted by Crippen LogP contribution is 2.37. The van der Waals surface area contributed by atoms with E-state index in [1.54, 1.807) is 6.07 Å². The molecule has 0 unspecified atom stereocenters. The zero-order valence-corrected chi connectivity index (χ0v) is 12.0. The maximum Gasteiger partial charge on any atom is 0.162 e. The number of hydrogen-bond acceptors (Lipinski definition) is 3. The van der Waals surface area contributed by atoms with Gasteiger partial charge in [-0.05, 0) is 18.6 Å². The normalized spacial score (nSPS) is 12.5. The Morgan fingerprint density at radius 1 is 1.41 bits per heavy atom. The van der Waals surface area contributed by atoms with Crippen molar-refractivity contribution in [2.45, 2.75) is 38.6 Å². The molecule has 0 heterocycles. The number of halogens is 1. The van der Waals surface area contributed by atoms with Crippen molar-refractivity contribution < 1.29 is 9.84 Å². The Morgan fingerprint density at radius 3 is 2.71 bits per heavy atom. The van der Waals surface area contributed by atoms with Gasteiger partial charge in [-0.1, -0.05) is 42.1 Å². The molecule has 3 N–H and O–H groups in total. The molecule has 0 spiro atoms. The SMILES string of the molecule is CCCCC[C@H](N)c1cc(Br)cc(OC)c1O. The topological polar surface area (TPSA) is 55.5 Å². The summed E-state index contributed by atoms with van der Waals surface area (Å²) < 4.78 is 5.98. The Bertz CT molecular complexity index is 369. The van der Waals surface area contributed by atoms with E-state index in [9.17, 15) is 5.11 Å². The third-order valence-corrected chi connectivity index (χ3v) is 3.27. The van der Waals surface area contributed by atoms with Crippen molar-refractivity contribution in [2.75, 3.05) is 7.11 Å². The van der Waals surface area contributed by atoms with Crippen molar-refractivity contribution in [3.8, 4) is 11.5 Å². The number of hydrogen-bond donors (Lipinski definition) is 2. The van der Waals surface area contributed by atoms with Crippen LogP contribution in [0.3, 0.4) is 0 Å². The minimum atomic E-state index is -0.145. The lowest BCUT2D eigenvalue weighted by Gasteiger charge is -2.16. The molecule has 0 radical (unpaired) electrons. The maximum absolute atomic E-state index is 10.0. The van der Waals surface area contributed by atoms with E-state index in [0.717, 1.165) is 22.9 Å². The van der Waals surface area contributed by atoms with Gasteiger partial charge in [0.05, 0.1) is 7.11 Å². The summed E-state index contributed by atoms with van der Waals surface area (Å²) in [5.41, 5.74) is 6.84. The average molecular weight is 302 g/mol. The van der Waals surface area contributed by atoms with E-state index in [1.807, 2.05) is 6.07 Å². The van der Waals surface area contributed by atoms with Crippen LogP contribution in [0.1, 0.15) is 44.2 Å². The Balaban J connectivity index is 2.84. The minimum absolute atomic E-state index is 0.145. The van der Waals surface area contributed by atoms with Crippen LogP contribution in [0.5, 0.6) is 11.5 Å². The molecule has 1 atom stereocenters. The number of methoxy groups -OCH3 is 1. The van der Waals surface area contributed by atoms with Crippen LogP contribution in [0.25, 0.3) is 0 Å². The van der Waals surface area contributed by atoms with Crippen molar-refractivity contribution in [3.63, 3.8) is 0 Å². The molecule has 0 saturated heterocycles. The predicted octanol–water partition coefficient (Wildman–Crippen LogP) is 3.74. The summed E-state index contributed by atoms with van der Waals surface area (Å²) >= 11 is 3.39. The molecule has 0 amide bonds. The van der Waals surface area contributed by atoms with Crippen LogP contribution in [-0.2, 0) is 0 Å². The number of rotatable bonds is 6. The lowest BCUT2D eigenvalue weighted by atomic mass is 10.00. The Labute approximate surface area is 111 Å². The van der Waals surface area contributed by atoms with E-state index in [4.69, 9.17) is 10.5 Å². The highest BCUT2D eigenvalue weighted by atomic mass is 79.9. The summed E-state index contributed by atoms with van der Waals surface area (Å²) in [5, 5.41) is 10.0. The van der Waals surface area contributed by atoms with E-state index in [2.05, 4.69) is 22.9 Å². The molecule has 0 aliphatic rings. The highest BCUT2D eigenvalue weighted by Gasteiger charge is 2.15. The first-order valence-electron chi connectivity index (χ1n) is 5.92. The number of nitrogens with two attached hydrogens (primary N) is 1. The third kappa shape index (κ3) is 3.89. The fraction of sp³-hybridized carbons (Fsp3) is 0.538. The summed E-state index contributed by atoms with van der Waals surface area (Å²) in [6.07, 6.45) is 4.28. The van der Waals surface area contributed by atoms with Crippen molar-refractivity contribution in [2.24, 2.45) is 5.73 Å². The Hall–Kier alpha value is -0.740. The second-order valence-corrected chi connectivity index (χ2v) is 5.06. The van der Waals surface area contributed by atoms with Gasteiger partial charge in [-0.3, -0.25) is 0 Å². The summed E-state index contributed by atoms with van der Waals surface area (Å²) in [6, 6.07) is 3.44. The van der Waals surface area contributed by atoms with E-state index < -0.39 is 0 Å². The van der Waals surface area contributed by atoms with Crippen LogP contribution < -0.4 is 10.5 Å². The number of phenolic OH excluding ortho intramolecular Hbond substituents is 1. The zero-order valence-electron chi connectivity index (χ0n) is 10.4. The quantitative estimate of drug-likeness (QED) is 0.787. The summed E-state index contributed by atoms with van der Waals surface area (Å²) in [4.78, 5) is 0. The van der Waals surface area contributed by atoms with E-state index >= 15 is 0 Å². The number of phenols is 1. The first kappa shape index (κ1) is 14.3. The van der Waals surface area contributed by atoms with Gasteiger partial charge < -0.3 is 15.6 Å². The number of ether oxygens (including phenoxy) is 1. The van der Waals surface area contributed by atoms with Crippen LogP contribution in [0.2, 0.25) is 0 Å². The van der Waals surface area contributed by atoms with Crippen molar-refractivity contribution in [1.82, 2.24) is 0 Å². The number of benzene rings is 1. The van der Waals surface area contributed by atoms with E-state index in [0.29, 0.717) is 5.75 Å². The first-order chi connectivity index (χ1) is 8.10. The van der Waals surface area contributed by atoms with Crippen LogP contribution in [-0.4, -0.2) is 12.2 Å². The zero-order chi connectivity index (χ0) is 12.8. The van der Waals surface area contributed by atoms with Gasteiger partial charge in [-0.25, -0.2) is 0 Å². The Kier molecular flexibility index (Phi) is 5.78. The fourth-order valence-electron chi connectivity index (χ4n) is 1.80. The van der Waals surface area contributed by atoms with Crippen molar-refractivity contribution >= 4 is 15.9 Å². The molecular weight excluding hydrogens is 282 g/mol. The molecule has 0 aliphatic heterocycles. The smallest absolute Gasteiger partial charge is 0.162 e. The standard InChI is InChI=1S/C13H20BrNO2/c1-3-4-5-6-11(15)10-7-9(14)8-12(17-2)13(10)16/h7-8,11,16H,3-6,15H2,1-2H3/t11-/m0/s1. The van der Waals surface area contributed by atoms with Gasteiger partial charge in [-0.15, -0.1) is 0 Å². The van der Waals surface area contributed by atoms with E-state index in [1.165, 1.54) is 20.0 Å². The first-order valence-corrected chi connectivity index (χ1v) is 6.71. The predicted molar refractivity (Wildman–Crippen MR) is 73.4 cm³/mol. The fourth-order valence-corrected chi connectivity index (χ4v) is 2.26.